The summed E-state index contributed by atoms with van der Waals surface area (Å²) in [6, 6.07) is 10.3. The lowest BCUT2D eigenvalue weighted by atomic mass is 10.1. The van der Waals surface area contributed by atoms with Crippen LogP contribution in [-0.2, 0) is 17.5 Å². The molecule has 2 aromatic rings. The van der Waals surface area contributed by atoms with Gasteiger partial charge in [0.2, 0.25) is 5.91 Å². The van der Waals surface area contributed by atoms with E-state index in [9.17, 15) is 18.0 Å². The van der Waals surface area contributed by atoms with Crippen molar-refractivity contribution in [1.29, 1.82) is 0 Å². The summed E-state index contributed by atoms with van der Waals surface area (Å²) in [6.07, 6.45) is -4.32. The molecule has 0 aliphatic rings. The SMILES string of the molecule is CN(CCC(=O)Nc1c(Cl)cccc1Cl)Cc1ccccc1C(F)(F)F. The maximum atomic E-state index is 13.0. The minimum absolute atomic E-state index is 0.0792. The first-order chi connectivity index (χ1) is 12.2. The van der Waals surface area contributed by atoms with Crippen LogP contribution < -0.4 is 5.32 Å². The Morgan fingerprint density at radius 2 is 1.69 bits per heavy atom. The van der Waals surface area contributed by atoms with Crippen LogP contribution in [0.25, 0.3) is 0 Å². The molecule has 1 amide bonds. The van der Waals surface area contributed by atoms with Crippen LogP contribution in [0.1, 0.15) is 17.5 Å². The number of nitrogens with zero attached hydrogens (tertiary/aromatic N) is 1. The summed E-state index contributed by atoms with van der Waals surface area (Å²) >= 11 is 12.0. The molecule has 0 fully saturated rings. The van der Waals surface area contributed by atoms with Gasteiger partial charge in [0.25, 0.3) is 0 Å². The van der Waals surface area contributed by atoms with E-state index in [1.807, 2.05) is 0 Å². The van der Waals surface area contributed by atoms with Crippen LogP contribution in [-0.4, -0.2) is 24.4 Å². The molecule has 0 aliphatic carbocycles. The predicted octanol–water partition coefficient (Wildman–Crippen LogP) is 5.47. The van der Waals surface area contributed by atoms with E-state index in [1.165, 1.54) is 12.1 Å². The number of hydrogen-bond donors (Lipinski definition) is 1. The highest BCUT2D eigenvalue weighted by molar-refractivity contribution is 6.39. The number of para-hydroxylation sites is 1. The van der Waals surface area contributed by atoms with E-state index in [2.05, 4.69) is 5.32 Å². The highest BCUT2D eigenvalue weighted by atomic mass is 35.5. The molecule has 26 heavy (non-hydrogen) atoms. The molecule has 0 saturated carbocycles. The van der Waals surface area contributed by atoms with Crippen molar-refractivity contribution < 1.29 is 18.0 Å². The second-order valence-electron chi connectivity index (χ2n) is 5.79. The molecule has 0 spiro atoms. The summed E-state index contributed by atoms with van der Waals surface area (Å²) in [5, 5.41) is 3.26. The highest BCUT2D eigenvalue weighted by Gasteiger charge is 2.32. The number of anilines is 1. The second kappa shape index (κ2) is 8.75. The molecule has 0 aromatic heterocycles. The summed E-state index contributed by atoms with van der Waals surface area (Å²) in [4.78, 5) is 13.7. The first-order valence-electron chi connectivity index (χ1n) is 7.76. The van der Waals surface area contributed by atoms with Crippen molar-refractivity contribution in [3.63, 3.8) is 0 Å². The molecule has 1 N–H and O–H groups in total. The van der Waals surface area contributed by atoms with Gasteiger partial charge in [0.05, 0.1) is 21.3 Å². The van der Waals surface area contributed by atoms with Gasteiger partial charge in [-0.05, 0) is 30.8 Å². The molecule has 0 atom stereocenters. The van der Waals surface area contributed by atoms with Crippen LogP contribution in [0.3, 0.4) is 0 Å². The molecule has 0 bridgehead atoms. The molecule has 0 radical (unpaired) electrons. The summed E-state index contributed by atoms with van der Waals surface area (Å²) < 4.78 is 39.1. The third-order valence-corrected chi connectivity index (χ3v) is 4.34. The first kappa shape index (κ1) is 20.6. The summed E-state index contributed by atoms with van der Waals surface area (Å²) in [7, 11) is 1.66. The van der Waals surface area contributed by atoms with E-state index in [0.29, 0.717) is 15.7 Å². The molecule has 2 rings (SSSR count). The number of amides is 1. The van der Waals surface area contributed by atoms with Crippen LogP contribution in [0, 0.1) is 0 Å². The third-order valence-electron chi connectivity index (χ3n) is 3.71. The molecule has 2 aromatic carbocycles. The normalized spacial score (nSPS) is 11.7. The first-order valence-corrected chi connectivity index (χ1v) is 8.51. The zero-order valence-electron chi connectivity index (χ0n) is 13.9. The highest BCUT2D eigenvalue weighted by Crippen LogP contribution is 2.32. The Morgan fingerprint density at radius 1 is 1.08 bits per heavy atom. The van der Waals surface area contributed by atoms with Gasteiger partial charge in [0.15, 0.2) is 0 Å². The Kier molecular flexibility index (Phi) is 6.92. The fraction of sp³-hybridized carbons (Fsp3) is 0.278. The molecular formula is C18H17Cl2F3N2O. The third kappa shape index (κ3) is 5.62. The van der Waals surface area contributed by atoms with Crippen molar-refractivity contribution in [1.82, 2.24) is 4.90 Å². The Labute approximate surface area is 159 Å². The van der Waals surface area contributed by atoms with Gasteiger partial charge in [-0.1, -0.05) is 47.5 Å². The minimum atomic E-state index is -4.41. The largest absolute Gasteiger partial charge is 0.416 e. The van der Waals surface area contributed by atoms with E-state index in [1.54, 1.807) is 36.2 Å². The van der Waals surface area contributed by atoms with Crippen molar-refractivity contribution in [2.24, 2.45) is 0 Å². The van der Waals surface area contributed by atoms with Gasteiger partial charge < -0.3 is 10.2 Å². The van der Waals surface area contributed by atoms with Crippen LogP contribution in [0.5, 0.6) is 0 Å². The topological polar surface area (TPSA) is 32.3 Å². The Balaban J connectivity index is 1.93. The molecule has 3 nitrogen and oxygen atoms in total. The lowest BCUT2D eigenvalue weighted by molar-refractivity contribution is -0.138. The van der Waals surface area contributed by atoms with Crippen molar-refractivity contribution in [2.45, 2.75) is 19.1 Å². The molecule has 0 unspecified atom stereocenters. The smallest absolute Gasteiger partial charge is 0.324 e. The zero-order valence-corrected chi connectivity index (χ0v) is 15.4. The second-order valence-corrected chi connectivity index (χ2v) is 6.60. The lowest BCUT2D eigenvalue weighted by Gasteiger charge is -2.19. The van der Waals surface area contributed by atoms with Crippen molar-refractivity contribution >= 4 is 34.8 Å². The molecule has 8 heteroatoms. The fourth-order valence-corrected chi connectivity index (χ4v) is 2.91. The molecule has 0 saturated heterocycles. The number of rotatable bonds is 6. The van der Waals surface area contributed by atoms with E-state index in [4.69, 9.17) is 23.2 Å². The number of benzene rings is 2. The quantitative estimate of drug-likeness (QED) is 0.691. The van der Waals surface area contributed by atoms with Crippen LogP contribution in [0.4, 0.5) is 18.9 Å². The maximum absolute atomic E-state index is 13.0. The molecular weight excluding hydrogens is 388 g/mol. The van der Waals surface area contributed by atoms with Gasteiger partial charge in [0.1, 0.15) is 0 Å². The average Bonchev–Trinajstić information content (AvgIpc) is 2.56. The van der Waals surface area contributed by atoms with E-state index in [0.717, 1.165) is 6.07 Å². The fourth-order valence-electron chi connectivity index (χ4n) is 2.42. The summed E-state index contributed by atoms with van der Waals surface area (Å²) in [5.41, 5.74) is -0.179. The van der Waals surface area contributed by atoms with E-state index < -0.39 is 11.7 Å². The molecule has 0 aliphatic heterocycles. The Morgan fingerprint density at radius 3 is 2.31 bits per heavy atom. The summed E-state index contributed by atoms with van der Waals surface area (Å²) in [6.45, 7) is 0.357. The number of carbonyl (C=O) groups excluding carboxylic acids is 1. The van der Waals surface area contributed by atoms with Gasteiger partial charge in [0, 0.05) is 19.5 Å². The number of carbonyl (C=O) groups is 1. The average molecular weight is 405 g/mol. The Bertz CT molecular complexity index is 761. The zero-order chi connectivity index (χ0) is 19.3. The number of nitrogens with one attached hydrogen (secondary N) is 1. The number of alkyl halides is 3. The van der Waals surface area contributed by atoms with Gasteiger partial charge in [-0.3, -0.25) is 4.79 Å². The van der Waals surface area contributed by atoms with Gasteiger partial charge in [-0.15, -0.1) is 0 Å². The van der Waals surface area contributed by atoms with Gasteiger partial charge in [-0.2, -0.15) is 13.2 Å². The van der Waals surface area contributed by atoms with Gasteiger partial charge >= 0.3 is 6.18 Å². The van der Waals surface area contributed by atoms with Crippen molar-refractivity contribution in [3.8, 4) is 0 Å². The predicted molar refractivity (Wildman–Crippen MR) is 97.5 cm³/mol. The van der Waals surface area contributed by atoms with E-state index >= 15 is 0 Å². The lowest BCUT2D eigenvalue weighted by Crippen LogP contribution is -2.25. The number of halogens is 5. The minimum Gasteiger partial charge on any atom is -0.324 e. The number of hydrogen-bond acceptors (Lipinski definition) is 2. The van der Waals surface area contributed by atoms with Crippen molar-refractivity contribution in [2.75, 3.05) is 18.9 Å². The monoisotopic (exact) mass is 404 g/mol. The Hall–Kier alpha value is -1.76. The summed E-state index contributed by atoms with van der Waals surface area (Å²) in [5.74, 6) is -0.323. The van der Waals surface area contributed by atoms with Crippen LogP contribution in [0.2, 0.25) is 10.0 Å². The van der Waals surface area contributed by atoms with Crippen LogP contribution in [0.15, 0.2) is 42.5 Å². The maximum Gasteiger partial charge on any atom is 0.416 e. The standard InChI is InChI=1S/C18H17Cl2F3N2O/c1-25(11-12-5-2-3-6-13(12)18(21,22)23)10-9-16(26)24-17-14(19)7-4-8-15(17)20/h2-8H,9-11H2,1H3,(H,24,26). The van der Waals surface area contributed by atoms with Gasteiger partial charge in [-0.25, -0.2) is 0 Å². The van der Waals surface area contributed by atoms with Crippen LogP contribution >= 0.6 is 23.2 Å². The molecule has 0 heterocycles. The van der Waals surface area contributed by atoms with E-state index in [-0.39, 0.29) is 31.0 Å². The van der Waals surface area contributed by atoms with Crippen molar-refractivity contribution in [3.05, 3.63) is 63.6 Å². The molecule has 140 valence electrons.